The predicted molar refractivity (Wildman–Crippen MR) is 106 cm³/mol. The largest absolute Gasteiger partial charge is 0.469 e. The van der Waals surface area contributed by atoms with Crippen molar-refractivity contribution >= 4 is 34.9 Å². The molecular formula is C19H23ClFN5O2. The fourth-order valence-electron chi connectivity index (χ4n) is 3.43. The van der Waals surface area contributed by atoms with Gasteiger partial charge in [-0.15, -0.1) is 0 Å². The van der Waals surface area contributed by atoms with Crippen molar-refractivity contribution in [2.24, 2.45) is 11.1 Å². The minimum atomic E-state index is -0.482. The number of methoxy groups -OCH3 is 1. The first-order valence-electron chi connectivity index (χ1n) is 8.93. The van der Waals surface area contributed by atoms with Gasteiger partial charge in [0.1, 0.15) is 23.8 Å². The number of anilines is 3. The van der Waals surface area contributed by atoms with E-state index in [2.05, 4.69) is 15.3 Å². The maximum absolute atomic E-state index is 13.3. The van der Waals surface area contributed by atoms with Crippen molar-refractivity contribution in [1.82, 2.24) is 9.97 Å². The average molecular weight is 408 g/mol. The number of nitrogens with two attached hydrogens (primary N) is 1. The van der Waals surface area contributed by atoms with E-state index < -0.39 is 5.82 Å². The highest BCUT2D eigenvalue weighted by Crippen LogP contribution is 2.38. The molecule has 0 amide bonds. The summed E-state index contributed by atoms with van der Waals surface area (Å²) in [6.07, 6.45) is 2.93. The number of hydrogen-bond acceptors (Lipinski definition) is 7. The van der Waals surface area contributed by atoms with Gasteiger partial charge in [-0.3, -0.25) is 4.79 Å². The van der Waals surface area contributed by atoms with Crippen LogP contribution in [0.25, 0.3) is 0 Å². The van der Waals surface area contributed by atoms with Gasteiger partial charge < -0.3 is 20.7 Å². The molecule has 0 aliphatic carbocycles. The molecule has 2 atom stereocenters. The molecule has 1 fully saturated rings. The van der Waals surface area contributed by atoms with Crippen LogP contribution in [0.2, 0.25) is 5.02 Å². The zero-order chi connectivity index (χ0) is 20.3. The molecule has 0 bridgehead atoms. The summed E-state index contributed by atoms with van der Waals surface area (Å²) in [5, 5.41) is 3.12. The normalized spacial score (nSPS) is 22.0. The van der Waals surface area contributed by atoms with E-state index in [1.165, 1.54) is 25.6 Å². The molecule has 1 saturated heterocycles. The standard InChI is InChI=1S/C19H23ClFN5O2/c1-19(10-18(27)28-2)5-6-26(15(22)9-19)17-8-16(23-11-24-17)25-12-3-4-14(21)13(20)7-12/h3-4,7-8,11,15H,5-6,9-10,22H2,1-2H3,(H,23,24,25). The van der Waals surface area contributed by atoms with Crippen LogP contribution in [0.15, 0.2) is 30.6 Å². The minimum Gasteiger partial charge on any atom is -0.469 e. The number of nitrogens with zero attached hydrogens (tertiary/aromatic N) is 3. The number of esters is 1. The molecule has 150 valence electrons. The van der Waals surface area contributed by atoms with Crippen molar-refractivity contribution in [2.75, 3.05) is 23.9 Å². The van der Waals surface area contributed by atoms with Crippen LogP contribution in [-0.2, 0) is 9.53 Å². The molecule has 2 unspecified atom stereocenters. The van der Waals surface area contributed by atoms with Crippen LogP contribution < -0.4 is 16.0 Å². The first kappa shape index (κ1) is 20.3. The zero-order valence-corrected chi connectivity index (χ0v) is 16.5. The van der Waals surface area contributed by atoms with E-state index in [0.717, 1.165) is 6.42 Å². The van der Waals surface area contributed by atoms with Gasteiger partial charge in [-0.05, 0) is 36.5 Å². The molecule has 7 nitrogen and oxygen atoms in total. The second-order valence-electron chi connectivity index (χ2n) is 7.29. The number of ether oxygens (including phenoxy) is 1. The molecule has 1 aromatic carbocycles. The molecule has 2 heterocycles. The molecule has 1 aliphatic rings. The maximum Gasteiger partial charge on any atom is 0.306 e. The van der Waals surface area contributed by atoms with Gasteiger partial charge in [0.25, 0.3) is 0 Å². The number of carbonyl (C=O) groups excluding carboxylic acids is 1. The minimum absolute atomic E-state index is 0.0298. The van der Waals surface area contributed by atoms with Crippen molar-refractivity contribution in [3.63, 3.8) is 0 Å². The molecule has 1 aliphatic heterocycles. The van der Waals surface area contributed by atoms with Crippen LogP contribution in [0.1, 0.15) is 26.2 Å². The van der Waals surface area contributed by atoms with Crippen LogP contribution in [0, 0.1) is 11.2 Å². The van der Waals surface area contributed by atoms with E-state index in [9.17, 15) is 9.18 Å². The van der Waals surface area contributed by atoms with Crippen molar-refractivity contribution in [1.29, 1.82) is 0 Å². The lowest BCUT2D eigenvalue weighted by molar-refractivity contribution is -0.143. The summed E-state index contributed by atoms with van der Waals surface area (Å²) in [6, 6.07) is 6.13. The molecule has 9 heteroatoms. The van der Waals surface area contributed by atoms with E-state index in [4.69, 9.17) is 22.1 Å². The lowest BCUT2D eigenvalue weighted by atomic mass is 9.76. The second kappa shape index (κ2) is 8.28. The Bertz CT molecular complexity index is 868. The highest BCUT2D eigenvalue weighted by Gasteiger charge is 2.37. The molecule has 3 rings (SSSR count). The molecule has 1 aromatic heterocycles. The van der Waals surface area contributed by atoms with Gasteiger partial charge in [-0.1, -0.05) is 18.5 Å². The van der Waals surface area contributed by atoms with Gasteiger partial charge in [0.2, 0.25) is 0 Å². The second-order valence-corrected chi connectivity index (χ2v) is 7.70. The summed E-state index contributed by atoms with van der Waals surface area (Å²) in [5.74, 6) is 0.514. The first-order chi connectivity index (χ1) is 13.3. The first-order valence-corrected chi connectivity index (χ1v) is 9.31. The van der Waals surface area contributed by atoms with Crippen molar-refractivity contribution < 1.29 is 13.9 Å². The predicted octanol–water partition coefficient (Wildman–Crippen LogP) is 3.47. The molecule has 0 saturated carbocycles. The lowest BCUT2D eigenvalue weighted by Crippen LogP contribution is -2.52. The van der Waals surface area contributed by atoms with Crippen LogP contribution in [0.5, 0.6) is 0 Å². The topological polar surface area (TPSA) is 93.4 Å². The van der Waals surface area contributed by atoms with E-state index in [1.54, 1.807) is 12.1 Å². The molecule has 28 heavy (non-hydrogen) atoms. The highest BCUT2D eigenvalue weighted by molar-refractivity contribution is 6.31. The Morgan fingerprint density at radius 2 is 2.25 bits per heavy atom. The number of benzene rings is 1. The Morgan fingerprint density at radius 1 is 1.46 bits per heavy atom. The zero-order valence-electron chi connectivity index (χ0n) is 15.8. The quantitative estimate of drug-likeness (QED) is 0.733. The smallest absolute Gasteiger partial charge is 0.306 e. The number of aromatic nitrogens is 2. The average Bonchev–Trinajstić information content (AvgIpc) is 2.64. The Morgan fingerprint density at radius 3 is 2.93 bits per heavy atom. The Kier molecular flexibility index (Phi) is 6.00. The molecule has 2 aromatic rings. The summed E-state index contributed by atoms with van der Waals surface area (Å²) in [5.41, 5.74) is 6.79. The number of rotatable bonds is 5. The molecule has 0 spiro atoms. The van der Waals surface area contributed by atoms with Crippen molar-refractivity contribution in [2.45, 2.75) is 32.4 Å². The van der Waals surface area contributed by atoms with Gasteiger partial charge in [0, 0.05) is 18.3 Å². The van der Waals surface area contributed by atoms with Gasteiger partial charge >= 0.3 is 5.97 Å². The number of halogens is 2. The van der Waals surface area contributed by atoms with E-state index in [-0.39, 0.29) is 22.6 Å². The van der Waals surface area contributed by atoms with Gasteiger partial charge in [-0.2, -0.15) is 0 Å². The van der Waals surface area contributed by atoms with Crippen molar-refractivity contribution in [3.05, 3.63) is 41.4 Å². The van der Waals surface area contributed by atoms with Gasteiger partial charge in [0.15, 0.2) is 0 Å². The summed E-state index contributed by atoms with van der Waals surface area (Å²) >= 11 is 5.82. The van der Waals surface area contributed by atoms with E-state index in [0.29, 0.717) is 36.7 Å². The monoisotopic (exact) mass is 407 g/mol. The fraction of sp³-hybridized carbons (Fsp3) is 0.421. The van der Waals surface area contributed by atoms with Crippen molar-refractivity contribution in [3.8, 4) is 0 Å². The van der Waals surface area contributed by atoms with Gasteiger partial charge in [0.05, 0.1) is 24.7 Å². The van der Waals surface area contributed by atoms with Crippen LogP contribution in [0.3, 0.4) is 0 Å². The number of piperidine rings is 1. The van der Waals surface area contributed by atoms with Crippen LogP contribution >= 0.6 is 11.6 Å². The lowest BCUT2D eigenvalue weighted by Gasteiger charge is -2.43. The summed E-state index contributed by atoms with van der Waals surface area (Å²) in [4.78, 5) is 22.2. The third-order valence-corrected chi connectivity index (χ3v) is 5.29. The third-order valence-electron chi connectivity index (χ3n) is 5.00. The van der Waals surface area contributed by atoms with Crippen LogP contribution in [0.4, 0.5) is 21.7 Å². The number of nitrogens with one attached hydrogen (secondary N) is 1. The Hall–Kier alpha value is -2.45. The highest BCUT2D eigenvalue weighted by atomic mass is 35.5. The fourth-order valence-corrected chi connectivity index (χ4v) is 3.61. The Balaban J connectivity index is 1.71. The summed E-state index contributed by atoms with van der Waals surface area (Å²) < 4.78 is 18.1. The maximum atomic E-state index is 13.3. The summed E-state index contributed by atoms with van der Waals surface area (Å²) in [7, 11) is 1.39. The van der Waals surface area contributed by atoms with E-state index in [1.807, 2.05) is 11.8 Å². The SMILES string of the molecule is COC(=O)CC1(C)CCN(c2cc(Nc3ccc(F)c(Cl)c3)ncn2)C(N)C1. The molecule has 0 radical (unpaired) electrons. The molecule has 3 N–H and O–H groups in total. The number of hydrogen-bond donors (Lipinski definition) is 2. The van der Waals surface area contributed by atoms with Crippen LogP contribution in [-0.4, -0.2) is 35.8 Å². The summed E-state index contributed by atoms with van der Waals surface area (Å²) in [6.45, 7) is 2.71. The number of carbonyl (C=O) groups is 1. The third kappa shape index (κ3) is 4.69. The van der Waals surface area contributed by atoms with Gasteiger partial charge in [-0.25, -0.2) is 14.4 Å². The van der Waals surface area contributed by atoms with E-state index >= 15 is 0 Å². The Labute approximate surface area is 168 Å². The molecular weight excluding hydrogens is 385 g/mol.